The highest BCUT2D eigenvalue weighted by molar-refractivity contribution is 5.57. The number of anilines is 2. The molecule has 120 valence electrons. The Morgan fingerprint density at radius 2 is 1.95 bits per heavy atom. The minimum atomic E-state index is 0.188. The summed E-state index contributed by atoms with van der Waals surface area (Å²) in [5, 5.41) is 0. The van der Waals surface area contributed by atoms with Crippen molar-refractivity contribution in [1.29, 1.82) is 0 Å². The molecule has 0 spiro atoms. The van der Waals surface area contributed by atoms with Gasteiger partial charge in [-0.25, -0.2) is 9.97 Å². The number of aryl methyl sites for hydroxylation is 1. The van der Waals surface area contributed by atoms with Crippen LogP contribution in [0.25, 0.3) is 0 Å². The van der Waals surface area contributed by atoms with Gasteiger partial charge < -0.3 is 20.1 Å². The lowest BCUT2D eigenvalue weighted by Gasteiger charge is -2.31. The van der Waals surface area contributed by atoms with Gasteiger partial charge >= 0.3 is 0 Å². The Balaban J connectivity index is 3.14. The van der Waals surface area contributed by atoms with Gasteiger partial charge in [0.15, 0.2) is 0 Å². The van der Waals surface area contributed by atoms with Crippen LogP contribution >= 0.6 is 0 Å². The molecule has 1 aromatic heterocycles. The van der Waals surface area contributed by atoms with Crippen molar-refractivity contribution in [2.24, 2.45) is 0 Å². The van der Waals surface area contributed by atoms with E-state index in [1.165, 1.54) is 0 Å². The van der Waals surface area contributed by atoms with Gasteiger partial charge in [-0.2, -0.15) is 0 Å². The Bertz CT molecular complexity index is 440. The van der Waals surface area contributed by atoms with Crippen molar-refractivity contribution in [3.8, 4) is 0 Å². The Morgan fingerprint density at radius 3 is 2.52 bits per heavy atom. The topological polar surface area (TPSA) is 73.5 Å². The largest absolute Gasteiger partial charge is 0.383 e. The molecule has 1 aromatic rings. The van der Waals surface area contributed by atoms with Crippen molar-refractivity contribution in [2.75, 3.05) is 44.6 Å². The molecule has 2 N–H and O–H groups in total. The van der Waals surface area contributed by atoms with Crippen LogP contribution in [0.4, 0.5) is 11.6 Å². The van der Waals surface area contributed by atoms with Gasteiger partial charge in [0.25, 0.3) is 0 Å². The van der Waals surface area contributed by atoms with Gasteiger partial charge in [-0.05, 0) is 20.3 Å². The van der Waals surface area contributed by atoms with E-state index in [0.29, 0.717) is 19.0 Å². The van der Waals surface area contributed by atoms with E-state index < -0.39 is 0 Å². The molecule has 0 amide bonds. The first-order chi connectivity index (χ1) is 10.0. The smallest absolute Gasteiger partial charge is 0.137 e. The summed E-state index contributed by atoms with van der Waals surface area (Å²) in [6.45, 7) is 8.16. The molecule has 1 unspecified atom stereocenters. The number of ether oxygens (including phenoxy) is 2. The standard InChI is InChI=1S/C15H28N4O2/c1-6-7-13-17-14(16)12(3)15(18-13)19(8-9-20-4)11(2)10-21-5/h11H,6-10H2,1-5H3,(H2,16,17,18). The maximum absolute atomic E-state index is 6.05. The maximum atomic E-state index is 6.05. The Kier molecular flexibility index (Phi) is 7.39. The van der Waals surface area contributed by atoms with Gasteiger partial charge in [0, 0.05) is 32.7 Å². The Morgan fingerprint density at radius 1 is 1.24 bits per heavy atom. The molecule has 6 nitrogen and oxygen atoms in total. The van der Waals surface area contributed by atoms with E-state index >= 15 is 0 Å². The highest BCUT2D eigenvalue weighted by Gasteiger charge is 2.20. The molecule has 1 atom stereocenters. The Labute approximate surface area is 127 Å². The summed E-state index contributed by atoms with van der Waals surface area (Å²) in [5.74, 6) is 2.23. The van der Waals surface area contributed by atoms with Crippen LogP contribution in [0.3, 0.4) is 0 Å². The molecule has 0 aliphatic heterocycles. The maximum Gasteiger partial charge on any atom is 0.137 e. The lowest BCUT2D eigenvalue weighted by atomic mass is 10.2. The van der Waals surface area contributed by atoms with Crippen LogP contribution in [0.1, 0.15) is 31.7 Å². The van der Waals surface area contributed by atoms with Crippen molar-refractivity contribution in [1.82, 2.24) is 9.97 Å². The van der Waals surface area contributed by atoms with Crippen LogP contribution in [0.15, 0.2) is 0 Å². The van der Waals surface area contributed by atoms with Crippen molar-refractivity contribution >= 4 is 11.6 Å². The summed E-state index contributed by atoms with van der Waals surface area (Å²) in [4.78, 5) is 11.3. The van der Waals surface area contributed by atoms with Gasteiger partial charge in [0.2, 0.25) is 0 Å². The fourth-order valence-electron chi connectivity index (χ4n) is 2.24. The quantitative estimate of drug-likeness (QED) is 0.749. The monoisotopic (exact) mass is 296 g/mol. The molecule has 0 aromatic carbocycles. The van der Waals surface area contributed by atoms with E-state index in [-0.39, 0.29) is 6.04 Å². The van der Waals surface area contributed by atoms with E-state index in [2.05, 4.69) is 23.7 Å². The molecular formula is C15H28N4O2. The van der Waals surface area contributed by atoms with Gasteiger partial charge in [0.1, 0.15) is 17.5 Å². The van der Waals surface area contributed by atoms with Gasteiger partial charge in [-0.3, -0.25) is 0 Å². The lowest BCUT2D eigenvalue weighted by molar-refractivity contribution is 0.170. The Hall–Kier alpha value is -1.40. The third-order valence-electron chi connectivity index (χ3n) is 3.43. The normalized spacial score (nSPS) is 12.4. The zero-order chi connectivity index (χ0) is 15.8. The molecule has 0 saturated heterocycles. The van der Waals surface area contributed by atoms with Crippen molar-refractivity contribution in [3.05, 3.63) is 11.4 Å². The minimum Gasteiger partial charge on any atom is -0.383 e. The van der Waals surface area contributed by atoms with Gasteiger partial charge in [-0.1, -0.05) is 6.92 Å². The summed E-state index contributed by atoms with van der Waals surface area (Å²) >= 11 is 0. The van der Waals surface area contributed by atoms with Crippen molar-refractivity contribution < 1.29 is 9.47 Å². The molecule has 0 fully saturated rings. The number of hydrogen-bond donors (Lipinski definition) is 1. The third-order valence-corrected chi connectivity index (χ3v) is 3.43. The summed E-state index contributed by atoms with van der Waals surface area (Å²) < 4.78 is 10.5. The van der Waals surface area contributed by atoms with E-state index in [0.717, 1.165) is 36.6 Å². The third kappa shape index (κ3) is 4.82. The van der Waals surface area contributed by atoms with Crippen molar-refractivity contribution in [3.63, 3.8) is 0 Å². The highest BCUT2D eigenvalue weighted by atomic mass is 16.5. The first-order valence-corrected chi connectivity index (χ1v) is 7.42. The van der Waals surface area contributed by atoms with Crippen LogP contribution in [-0.4, -0.2) is 50.0 Å². The van der Waals surface area contributed by atoms with Gasteiger partial charge in [0.05, 0.1) is 19.3 Å². The van der Waals surface area contributed by atoms with E-state index in [1.54, 1.807) is 14.2 Å². The van der Waals surface area contributed by atoms with Crippen LogP contribution < -0.4 is 10.6 Å². The molecule has 6 heteroatoms. The summed E-state index contributed by atoms with van der Waals surface area (Å²) in [6, 6.07) is 0.188. The number of nitrogens with two attached hydrogens (primary N) is 1. The highest BCUT2D eigenvalue weighted by Crippen LogP contribution is 2.24. The molecule has 21 heavy (non-hydrogen) atoms. The number of aromatic nitrogens is 2. The van der Waals surface area contributed by atoms with Crippen LogP contribution in [0, 0.1) is 6.92 Å². The predicted molar refractivity (Wildman–Crippen MR) is 85.7 cm³/mol. The number of hydrogen-bond acceptors (Lipinski definition) is 6. The fraction of sp³-hybridized carbons (Fsp3) is 0.733. The predicted octanol–water partition coefficient (Wildman–Crippen LogP) is 1.81. The zero-order valence-electron chi connectivity index (χ0n) is 13.8. The molecular weight excluding hydrogens is 268 g/mol. The van der Waals surface area contributed by atoms with E-state index in [4.69, 9.17) is 20.2 Å². The molecule has 0 saturated carbocycles. The number of nitrogens with zero attached hydrogens (tertiary/aromatic N) is 3. The SMILES string of the molecule is CCCc1nc(N)c(C)c(N(CCOC)C(C)COC)n1. The average molecular weight is 296 g/mol. The molecule has 0 aliphatic carbocycles. The second kappa shape index (κ2) is 8.79. The second-order valence-corrected chi connectivity index (χ2v) is 5.21. The van der Waals surface area contributed by atoms with E-state index in [1.807, 2.05) is 6.92 Å². The first kappa shape index (κ1) is 17.7. The molecule has 0 bridgehead atoms. The number of nitrogen functional groups attached to an aromatic ring is 1. The summed E-state index contributed by atoms with van der Waals surface area (Å²) in [5.41, 5.74) is 6.96. The first-order valence-electron chi connectivity index (χ1n) is 7.42. The molecule has 0 aliphatic rings. The van der Waals surface area contributed by atoms with Crippen LogP contribution in [0.2, 0.25) is 0 Å². The molecule has 0 radical (unpaired) electrons. The van der Waals surface area contributed by atoms with Crippen LogP contribution in [0.5, 0.6) is 0 Å². The molecule has 1 heterocycles. The average Bonchev–Trinajstić information content (AvgIpc) is 2.44. The second-order valence-electron chi connectivity index (χ2n) is 5.21. The van der Waals surface area contributed by atoms with E-state index in [9.17, 15) is 0 Å². The van der Waals surface area contributed by atoms with Crippen LogP contribution in [-0.2, 0) is 15.9 Å². The number of rotatable bonds is 9. The van der Waals surface area contributed by atoms with Crippen molar-refractivity contribution in [2.45, 2.75) is 39.7 Å². The molecule has 1 rings (SSSR count). The number of methoxy groups -OCH3 is 2. The zero-order valence-corrected chi connectivity index (χ0v) is 13.8. The summed E-state index contributed by atoms with van der Waals surface area (Å²) in [7, 11) is 3.40. The van der Waals surface area contributed by atoms with Gasteiger partial charge in [-0.15, -0.1) is 0 Å². The lowest BCUT2D eigenvalue weighted by Crippen LogP contribution is -2.40. The summed E-state index contributed by atoms with van der Waals surface area (Å²) in [6.07, 6.45) is 1.82. The fourth-order valence-corrected chi connectivity index (χ4v) is 2.24. The minimum absolute atomic E-state index is 0.188.